The summed E-state index contributed by atoms with van der Waals surface area (Å²) in [5.74, 6) is 7.56. The SMILES string of the molecule is CC.COc1ccc(N(N)CC2CC2)c(N)c1C. The van der Waals surface area contributed by atoms with Gasteiger partial charge in [-0.15, -0.1) is 0 Å². The first-order chi connectivity index (χ1) is 8.63. The first-order valence-corrected chi connectivity index (χ1v) is 6.58. The Morgan fingerprint density at radius 3 is 2.44 bits per heavy atom. The van der Waals surface area contributed by atoms with Gasteiger partial charge in [-0.25, -0.2) is 5.84 Å². The van der Waals surface area contributed by atoms with Crippen LogP contribution in [-0.4, -0.2) is 13.7 Å². The average Bonchev–Trinajstić information content (AvgIpc) is 3.19. The van der Waals surface area contributed by atoms with Crippen LogP contribution in [0.3, 0.4) is 0 Å². The number of anilines is 2. The number of methoxy groups -OCH3 is 1. The fourth-order valence-electron chi connectivity index (χ4n) is 1.84. The lowest BCUT2D eigenvalue weighted by molar-refractivity contribution is 0.412. The van der Waals surface area contributed by atoms with E-state index >= 15 is 0 Å². The Labute approximate surface area is 110 Å². The van der Waals surface area contributed by atoms with Crippen molar-refractivity contribution in [3.63, 3.8) is 0 Å². The standard InChI is InChI=1S/C12H19N3O.C2H6/c1-8-11(16-2)6-5-10(12(8)13)15(14)7-9-3-4-9;1-2/h5-6,9H,3-4,7,13-14H2,1-2H3;1-2H3. The minimum Gasteiger partial charge on any atom is -0.496 e. The lowest BCUT2D eigenvalue weighted by atomic mass is 10.1. The van der Waals surface area contributed by atoms with Crippen molar-refractivity contribution in [3.8, 4) is 5.75 Å². The highest BCUT2D eigenvalue weighted by Crippen LogP contribution is 2.35. The van der Waals surface area contributed by atoms with Gasteiger partial charge in [0.1, 0.15) is 5.75 Å². The molecule has 0 spiro atoms. The number of benzene rings is 1. The zero-order valence-electron chi connectivity index (χ0n) is 11.9. The first-order valence-electron chi connectivity index (χ1n) is 6.58. The van der Waals surface area contributed by atoms with E-state index in [1.165, 1.54) is 12.8 Å². The molecular weight excluding hydrogens is 226 g/mol. The number of hydrogen-bond donors (Lipinski definition) is 2. The van der Waals surface area contributed by atoms with E-state index in [2.05, 4.69) is 0 Å². The van der Waals surface area contributed by atoms with Crippen molar-refractivity contribution < 1.29 is 4.74 Å². The fourth-order valence-corrected chi connectivity index (χ4v) is 1.84. The van der Waals surface area contributed by atoms with E-state index in [1.807, 2.05) is 32.9 Å². The summed E-state index contributed by atoms with van der Waals surface area (Å²) in [6.07, 6.45) is 2.56. The highest BCUT2D eigenvalue weighted by Gasteiger charge is 2.24. The van der Waals surface area contributed by atoms with Crippen molar-refractivity contribution in [1.29, 1.82) is 0 Å². The maximum Gasteiger partial charge on any atom is 0.123 e. The summed E-state index contributed by atoms with van der Waals surface area (Å²) in [4.78, 5) is 0. The predicted octanol–water partition coefficient (Wildman–Crippen LogP) is 2.70. The molecule has 4 heteroatoms. The number of ether oxygens (including phenoxy) is 1. The molecule has 0 saturated heterocycles. The van der Waals surface area contributed by atoms with Crippen molar-refractivity contribution in [3.05, 3.63) is 17.7 Å². The third kappa shape index (κ3) is 3.29. The normalized spacial score (nSPS) is 13.6. The number of nitrogens with two attached hydrogens (primary N) is 2. The molecule has 0 aliphatic heterocycles. The van der Waals surface area contributed by atoms with Crippen molar-refractivity contribution in [2.24, 2.45) is 11.8 Å². The molecule has 4 nitrogen and oxygen atoms in total. The molecule has 18 heavy (non-hydrogen) atoms. The molecule has 1 saturated carbocycles. The molecule has 1 aromatic rings. The Kier molecular flexibility index (Phi) is 5.28. The Bertz CT molecular complexity index is 389. The monoisotopic (exact) mass is 251 g/mol. The number of nitrogen functional groups attached to an aromatic ring is 1. The van der Waals surface area contributed by atoms with Gasteiger partial charge in [-0.05, 0) is 37.8 Å². The van der Waals surface area contributed by atoms with E-state index in [-0.39, 0.29) is 0 Å². The smallest absolute Gasteiger partial charge is 0.123 e. The summed E-state index contributed by atoms with van der Waals surface area (Å²) in [6.45, 7) is 6.83. The number of hydrazine groups is 1. The van der Waals surface area contributed by atoms with Crippen molar-refractivity contribution >= 4 is 11.4 Å². The highest BCUT2D eigenvalue weighted by molar-refractivity contribution is 5.73. The van der Waals surface area contributed by atoms with Crippen LogP contribution in [0, 0.1) is 12.8 Å². The number of hydrogen-bond acceptors (Lipinski definition) is 4. The molecule has 1 aliphatic carbocycles. The maximum atomic E-state index is 6.05. The molecule has 2 rings (SSSR count). The molecule has 0 heterocycles. The van der Waals surface area contributed by atoms with Crippen LogP contribution in [0.2, 0.25) is 0 Å². The van der Waals surface area contributed by atoms with Crippen LogP contribution in [-0.2, 0) is 0 Å². The van der Waals surface area contributed by atoms with E-state index < -0.39 is 0 Å². The van der Waals surface area contributed by atoms with Gasteiger partial charge in [0.25, 0.3) is 0 Å². The minimum atomic E-state index is 0.711. The Morgan fingerprint density at radius 2 is 1.94 bits per heavy atom. The topological polar surface area (TPSA) is 64.5 Å². The van der Waals surface area contributed by atoms with Gasteiger partial charge in [0.05, 0.1) is 18.5 Å². The quantitative estimate of drug-likeness (QED) is 0.490. The fraction of sp³-hybridized carbons (Fsp3) is 0.571. The second kappa shape index (κ2) is 6.50. The molecule has 1 fully saturated rings. The zero-order valence-corrected chi connectivity index (χ0v) is 11.9. The molecular formula is C14H25N3O. The molecule has 0 amide bonds. The number of nitrogens with zero attached hydrogens (tertiary/aromatic N) is 1. The van der Waals surface area contributed by atoms with Gasteiger partial charge >= 0.3 is 0 Å². The molecule has 1 aliphatic rings. The van der Waals surface area contributed by atoms with Gasteiger partial charge < -0.3 is 15.5 Å². The van der Waals surface area contributed by atoms with E-state index in [9.17, 15) is 0 Å². The molecule has 1 aromatic carbocycles. The molecule has 0 atom stereocenters. The third-order valence-corrected chi connectivity index (χ3v) is 3.12. The molecule has 0 bridgehead atoms. The average molecular weight is 251 g/mol. The van der Waals surface area contributed by atoms with E-state index in [4.69, 9.17) is 16.3 Å². The summed E-state index contributed by atoms with van der Waals surface area (Å²) in [5.41, 5.74) is 8.61. The summed E-state index contributed by atoms with van der Waals surface area (Å²) in [6, 6.07) is 3.83. The third-order valence-electron chi connectivity index (χ3n) is 3.12. The Hall–Kier alpha value is -1.42. The van der Waals surface area contributed by atoms with Gasteiger partial charge in [-0.2, -0.15) is 0 Å². The van der Waals surface area contributed by atoms with Crippen molar-refractivity contribution in [2.45, 2.75) is 33.6 Å². The number of rotatable bonds is 4. The first kappa shape index (κ1) is 14.6. The maximum absolute atomic E-state index is 6.05. The molecule has 0 unspecified atom stereocenters. The van der Waals surface area contributed by atoms with Crippen LogP contribution in [0.4, 0.5) is 11.4 Å². The second-order valence-electron chi connectivity index (χ2n) is 4.42. The summed E-state index contributed by atoms with van der Waals surface area (Å²) >= 11 is 0. The summed E-state index contributed by atoms with van der Waals surface area (Å²) in [5, 5.41) is 1.75. The lowest BCUT2D eigenvalue weighted by Gasteiger charge is -2.22. The molecule has 4 N–H and O–H groups in total. The van der Waals surface area contributed by atoms with Crippen LogP contribution in [0.1, 0.15) is 32.3 Å². The van der Waals surface area contributed by atoms with Gasteiger partial charge in [0, 0.05) is 12.1 Å². The van der Waals surface area contributed by atoms with Gasteiger partial charge in [0.15, 0.2) is 0 Å². The lowest BCUT2D eigenvalue weighted by Crippen LogP contribution is -2.33. The van der Waals surface area contributed by atoms with E-state index in [1.54, 1.807) is 12.1 Å². The van der Waals surface area contributed by atoms with Crippen LogP contribution < -0.4 is 21.3 Å². The Morgan fingerprint density at radius 1 is 1.33 bits per heavy atom. The van der Waals surface area contributed by atoms with Crippen molar-refractivity contribution in [1.82, 2.24) is 0 Å². The predicted molar refractivity (Wildman–Crippen MR) is 77.7 cm³/mol. The van der Waals surface area contributed by atoms with Gasteiger partial charge in [0.2, 0.25) is 0 Å². The van der Waals surface area contributed by atoms with Crippen LogP contribution in [0.15, 0.2) is 12.1 Å². The second-order valence-corrected chi connectivity index (χ2v) is 4.42. The van der Waals surface area contributed by atoms with Crippen LogP contribution >= 0.6 is 0 Å². The molecule has 102 valence electrons. The van der Waals surface area contributed by atoms with Crippen LogP contribution in [0.5, 0.6) is 5.75 Å². The summed E-state index contributed by atoms with van der Waals surface area (Å²) in [7, 11) is 1.64. The molecule has 0 aromatic heterocycles. The summed E-state index contributed by atoms with van der Waals surface area (Å²) < 4.78 is 5.21. The van der Waals surface area contributed by atoms with E-state index in [0.717, 1.165) is 29.5 Å². The minimum absolute atomic E-state index is 0.711. The van der Waals surface area contributed by atoms with Crippen LogP contribution in [0.25, 0.3) is 0 Å². The van der Waals surface area contributed by atoms with Gasteiger partial charge in [-0.3, -0.25) is 0 Å². The Balaban J connectivity index is 0.000000771. The largest absolute Gasteiger partial charge is 0.496 e. The molecule has 0 radical (unpaired) electrons. The highest BCUT2D eigenvalue weighted by atomic mass is 16.5. The zero-order chi connectivity index (χ0) is 13.7. The van der Waals surface area contributed by atoms with Gasteiger partial charge in [-0.1, -0.05) is 13.8 Å². The van der Waals surface area contributed by atoms with Crippen molar-refractivity contribution in [2.75, 3.05) is 24.4 Å². The van der Waals surface area contributed by atoms with E-state index in [0.29, 0.717) is 5.69 Å².